The lowest BCUT2D eigenvalue weighted by atomic mass is 9.98. The Morgan fingerprint density at radius 1 is 1.22 bits per heavy atom. The number of hydrogen-bond acceptors (Lipinski definition) is 2. The van der Waals surface area contributed by atoms with Crippen LogP contribution in [0.25, 0.3) is 0 Å². The number of benzene rings is 1. The van der Waals surface area contributed by atoms with Gasteiger partial charge in [-0.25, -0.2) is 4.39 Å². The number of carbonyl (C=O) groups excluding carboxylic acids is 1. The van der Waals surface area contributed by atoms with Crippen molar-refractivity contribution in [1.29, 1.82) is 0 Å². The highest BCUT2D eigenvalue weighted by Gasteiger charge is 2.11. The number of pyridine rings is 1. The van der Waals surface area contributed by atoms with E-state index in [-0.39, 0.29) is 18.0 Å². The van der Waals surface area contributed by atoms with Crippen molar-refractivity contribution in [3.05, 3.63) is 64.7 Å². The van der Waals surface area contributed by atoms with E-state index < -0.39 is 0 Å². The summed E-state index contributed by atoms with van der Waals surface area (Å²) in [5.41, 5.74) is 3.14. The molecule has 1 aromatic heterocycles. The number of ketones is 1. The van der Waals surface area contributed by atoms with Gasteiger partial charge in [0.2, 0.25) is 0 Å². The average Bonchev–Trinajstić information content (AvgIpc) is 2.34. The van der Waals surface area contributed by atoms with Crippen LogP contribution in [-0.2, 0) is 6.42 Å². The number of halogens is 1. The molecule has 3 heteroatoms. The molecule has 0 bridgehead atoms. The Labute approximate surface area is 105 Å². The van der Waals surface area contributed by atoms with Gasteiger partial charge in [-0.1, -0.05) is 6.07 Å². The van der Waals surface area contributed by atoms with E-state index in [4.69, 9.17) is 0 Å². The first-order valence-corrected chi connectivity index (χ1v) is 5.77. The number of aromatic nitrogens is 1. The highest BCUT2D eigenvalue weighted by molar-refractivity contribution is 5.98. The molecule has 2 rings (SSSR count). The lowest BCUT2D eigenvalue weighted by Crippen LogP contribution is -2.07. The SMILES string of the molecule is Cc1ccc(F)cc1CC(=O)c1cnccc1C. The maximum Gasteiger partial charge on any atom is 0.169 e. The summed E-state index contributed by atoms with van der Waals surface area (Å²) in [7, 11) is 0. The zero-order valence-corrected chi connectivity index (χ0v) is 10.4. The van der Waals surface area contributed by atoms with Crippen molar-refractivity contribution in [2.45, 2.75) is 20.3 Å². The summed E-state index contributed by atoms with van der Waals surface area (Å²) in [6, 6.07) is 6.30. The molecule has 0 N–H and O–H groups in total. The minimum atomic E-state index is -0.314. The molecular formula is C15H14FNO. The van der Waals surface area contributed by atoms with E-state index in [1.165, 1.54) is 12.1 Å². The first kappa shape index (κ1) is 12.4. The van der Waals surface area contributed by atoms with E-state index in [9.17, 15) is 9.18 Å². The average molecular weight is 243 g/mol. The van der Waals surface area contributed by atoms with Crippen LogP contribution in [0.4, 0.5) is 4.39 Å². The van der Waals surface area contributed by atoms with Crippen LogP contribution in [0.15, 0.2) is 36.7 Å². The van der Waals surface area contributed by atoms with Crippen molar-refractivity contribution in [3.63, 3.8) is 0 Å². The maximum absolute atomic E-state index is 13.2. The quantitative estimate of drug-likeness (QED) is 0.774. The molecule has 0 spiro atoms. The van der Waals surface area contributed by atoms with E-state index in [0.29, 0.717) is 5.56 Å². The molecule has 0 amide bonds. The molecule has 0 aliphatic rings. The Morgan fingerprint density at radius 3 is 2.72 bits per heavy atom. The Kier molecular flexibility index (Phi) is 3.51. The molecule has 0 saturated carbocycles. The second-order valence-corrected chi connectivity index (χ2v) is 4.36. The zero-order chi connectivity index (χ0) is 13.1. The molecule has 0 saturated heterocycles. The van der Waals surface area contributed by atoms with Crippen LogP contribution < -0.4 is 0 Å². The summed E-state index contributed by atoms with van der Waals surface area (Å²) in [5.74, 6) is -0.347. The third kappa shape index (κ3) is 2.62. The van der Waals surface area contributed by atoms with Crippen molar-refractivity contribution in [2.75, 3.05) is 0 Å². The lowest BCUT2D eigenvalue weighted by Gasteiger charge is -2.07. The normalized spacial score (nSPS) is 10.4. The summed E-state index contributed by atoms with van der Waals surface area (Å²) in [6.45, 7) is 3.74. The third-order valence-electron chi connectivity index (χ3n) is 3.00. The van der Waals surface area contributed by atoms with Crippen LogP contribution in [0.2, 0.25) is 0 Å². The van der Waals surface area contributed by atoms with Crippen molar-refractivity contribution >= 4 is 5.78 Å². The first-order valence-electron chi connectivity index (χ1n) is 5.77. The van der Waals surface area contributed by atoms with Gasteiger partial charge in [0.15, 0.2) is 5.78 Å². The van der Waals surface area contributed by atoms with Gasteiger partial charge in [0, 0.05) is 24.4 Å². The van der Waals surface area contributed by atoms with Gasteiger partial charge in [0.05, 0.1) is 0 Å². The van der Waals surface area contributed by atoms with Gasteiger partial charge in [-0.2, -0.15) is 0 Å². The van der Waals surface area contributed by atoms with Gasteiger partial charge in [-0.05, 0) is 48.7 Å². The zero-order valence-electron chi connectivity index (χ0n) is 10.4. The molecule has 0 fully saturated rings. The Morgan fingerprint density at radius 2 is 2.00 bits per heavy atom. The molecule has 1 heterocycles. The van der Waals surface area contributed by atoms with Crippen LogP contribution in [0.5, 0.6) is 0 Å². The van der Waals surface area contributed by atoms with Crippen LogP contribution in [0.3, 0.4) is 0 Å². The van der Waals surface area contributed by atoms with Crippen LogP contribution in [0.1, 0.15) is 27.0 Å². The summed E-state index contributed by atoms with van der Waals surface area (Å²) in [6.07, 6.45) is 3.42. The van der Waals surface area contributed by atoms with Crippen molar-refractivity contribution < 1.29 is 9.18 Å². The third-order valence-corrected chi connectivity index (χ3v) is 3.00. The van der Waals surface area contributed by atoms with Crippen LogP contribution >= 0.6 is 0 Å². The molecule has 2 aromatic rings. The molecule has 2 nitrogen and oxygen atoms in total. The van der Waals surface area contributed by atoms with Crippen molar-refractivity contribution in [3.8, 4) is 0 Å². The van der Waals surface area contributed by atoms with Gasteiger partial charge in [0.25, 0.3) is 0 Å². The fourth-order valence-electron chi connectivity index (χ4n) is 1.85. The van der Waals surface area contributed by atoms with Crippen molar-refractivity contribution in [2.24, 2.45) is 0 Å². The topological polar surface area (TPSA) is 30.0 Å². The molecule has 0 aliphatic carbocycles. The van der Waals surface area contributed by atoms with Crippen LogP contribution in [-0.4, -0.2) is 10.8 Å². The minimum absolute atomic E-state index is 0.0331. The van der Waals surface area contributed by atoms with E-state index in [1.807, 2.05) is 13.8 Å². The Hall–Kier alpha value is -2.03. The minimum Gasteiger partial charge on any atom is -0.294 e. The van der Waals surface area contributed by atoms with Gasteiger partial charge < -0.3 is 0 Å². The fraction of sp³-hybridized carbons (Fsp3) is 0.200. The monoisotopic (exact) mass is 243 g/mol. The van der Waals surface area contributed by atoms with Gasteiger partial charge in [0.1, 0.15) is 5.82 Å². The molecule has 92 valence electrons. The van der Waals surface area contributed by atoms with Crippen molar-refractivity contribution in [1.82, 2.24) is 4.98 Å². The van der Waals surface area contributed by atoms with E-state index in [0.717, 1.165) is 16.7 Å². The lowest BCUT2D eigenvalue weighted by molar-refractivity contribution is 0.0992. The highest BCUT2D eigenvalue weighted by Crippen LogP contribution is 2.15. The van der Waals surface area contributed by atoms with Gasteiger partial charge in [-0.15, -0.1) is 0 Å². The summed E-state index contributed by atoms with van der Waals surface area (Å²) in [5, 5.41) is 0. The first-order chi connectivity index (χ1) is 8.58. The number of nitrogens with zero attached hydrogens (tertiary/aromatic N) is 1. The number of hydrogen-bond donors (Lipinski definition) is 0. The number of rotatable bonds is 3. The largest absolute Gasteiger partial charge is 0.294 e. The second-order valence-electron chi connectivity index (χ2n) is 4.36. The maximum atomic E-state index is 13.2. The van der Waals surface area contributed by atoms with Gasteiger partial charge >= 0.3 is 0 Å². The van der Waals surface area contributed by atoms with Crippen LogP contribution in [0, 0.1) is 19.7 Å². The Balaban J connectivity index is 2.27. The molecule has 0 radical (unpaired) electrons. The Bertz CT molecular complexity index is 593. The second kappa shape index (κ2) is 5.08. The molecule has 0 atom stereocenters. The summed E-state index contributed by atoms with van der Waals surface area (Å²) < 4.78 is 13.2. The molecule has 0 unspecified atom stereocenters. The van der Waals surface area contributed by atoms with E-state index in [2.05, 4.69) is 4.98 Å². The predicted molar refractivity (Wildman–Crippen MR) is 68.1 cm³/mol. The fourth-order valence-corrected chi connectivity index (χ4v) is 1.85. The number of carbonyl (C=O) groups is 1. The number of aryl methyl sites for hydroxylation is 2. The smallest absolute Gasteiger partial charge is 0.169 e. The predicted octanol–water partition coefficient (Wildman–Crippen LogP) is 3.26. The summed E-state index contributed by atoms with van der Waals surface area (Å²) in [4.78, 5) is 16.1. The summed E-state index contributed by atoms with van der Waals surface area (Å²) >= 11 is 0. The molecular weight excluding hydrogens is 229 g/mol. The highest BCUT2D eigenvalue weighted by atomic mass is 19.1. The number of Topliss-reactive ketones (excluding diaryl/α,β-unsaturated/α-hetero) is 1. The standard InChI is InChI=1S/C15H14FNO/c1-10-3-4-13(16)7-12(10)8-15(18)14-9-17-6-5-11(14)2/h3-7,9H,8H2,1-2H3. The molecule has 18 heavy (non-hydrogen) atoms. The molecule has 1 aromatic carbocycles. The van der Waals surface area contributed by atoms with E-state index in [1.54, 1.807) is 24.5 Å². The molecule has 0 aliphatic heterocycles. The van der Waals surface area contributed by atoms with E-state index >= 15 is 0 Å². The van der Waals surface area contributed by atoms with Gasteiger partial charge in [-0.3, -0.25) is 9.78 Å².